The Balaban J connectivity index is 1.93. The highest BCUT2D eigenvalue weighted by atomic mass is 19.4. The van der Waals surface area contributed by atoms with E-state index >= 15 is 0 Å². The zero-order chi connectivity index (χ0) is 23.7. The SMILES string of the molecule is COc1ccc(CNC(=O)c2cnn(-c3cccc(F)c3)c2C(F)(F)F)c(C(F)(F)F)c1. The molecule has 5 nitrogen and oxygen atoms in total. The van der Waals surface area contributed by atoms with Gasteiger partial charge in [0.15, 0.2) is 5.69 Å². The summed E-state index contributed by atoms with van der Waals surface area (Å²) in [6.07, 6.45) is -9.23. The van der Waals surface area contributed by atoms with Gasteiger partial charge >= 0.3 is 12.4 Å². The zero-order valence-corrected chi connectivity index (χ0v) is 16.2. The van der Waals surface area contributed by atoms with Gasteiger partial charge in [-0.25, -0.2) is 9.07 Å². The van der Waals surface area contributed by atoms with Gasteiger partial charge in [0, 0.05) is 6.54 Å². The Morgan fingerprint density at radius 1 is 1.06 bits per heavy atom. The molecule has 2 aromatic carbocycles. The molecule has 0 bridgehead atoms. The number of hydrogen-bond donors (Lipinski definition) is 1. The van der Waals surface area contributed by atoms with E-state index < -0.39 is 47.4 Å². The van der Waals surface area contributed by atoms with Crippen LogP contribution >= 0.6 is 0 Å². The van der Waals surface area contributed by atoms with Crippen molar-refractivity contribution >= 4 is 5.91 Å². The molecule has 0 spiro atoms. The van der Waals surface area contributed by atoms with E-state index in [9.17, 15) is 35.5 Å². The minimum Gasteiger partial charge on any atom is -0.497 e. The van der Waals surface area contributed by atoms with Crippen molar-refractivity contribution in [2.24, 2.45) is 0 Å². The number of aromatic nitrogens is 2. The number of amides is 1. The Kier molecular flexibility index (Phi) is 6.15. The van der Waals surface area contributed by atoms with Crippen LogP contribution in [0.15, 0.2) is 48.7 Å². The fraction of sp³-hybridized carbons (Fsp3) is 0.200. The van der Waals surface area contributed by atoms with Crippen molar-refractivity contribution in [2.45, 2.75) is 18.9 Å². The maximum atomic E-state index is 13.7. The van der Waals surface area contributed by atoms with Crippen molar-refractivity contribution in [1.29, 1.82) is 0 Å². The number of nitrogens with zero attached hydrogens (tertiary/aromatic N) is 2. The number of alkyl halides is 6. The van der Waals surface area contributed by atoms with E-state index in [4.69, 9.17) is 4.74 Å². The summed E-state index contributed by atoms with van der Waals surface area (Å²) in [7, 11) is 1.17. The lowest BCUT2D eigenvalue weighted by molar-refractivity contribution is -0.143. The number of nitrogens with one attached hydrogen (secondary N) is 1. The third kappa shape index (κ3) is 4.84. The fourth-order valence-electron chi connectivity index (χ4n) is 2.96. The molecule has 32 heavy (non-hydrogen) atoms. The Bertz CT molecular complexity index is 1140. The standard InChI is InChI=1S/C20H14F7N3O2/c1-32-14-6-5-11(16(8-14)19(22,23)24)9-28-18(31)15-10-29-30(17(15)20(25,26)27)13-4-2-3-12(21)7-13/h2-8,10H,9H2,1H3,(H,28,31). The van der Waals surface area contributed by atoms with Crippen molar-refractivity contribution in [3.63, 3.8) is 0 Å². The number of ether oxygens (including phenoxy) is 1. The fourth-order valence-corrected chi connectivity index (χ4v) is 2.96. The summed E-state index contributed by atoms with van der Waals surface area (Å²) >= 11 is 0. The van der Waals surface area contributed by atoms with Crippen LogP contribution in [-0.2, 0) is 18.9 Å². The summed E-state index contributed by atoms with van der Waals surface area (Å²) in [5, 5.41) is 5.57. The van der Waals surface area contributed by atoms with E-state index in [2.05, 4.69) is 5.10 Å². The molecule has 0 aliphatic heterocycles. The van der Waals surface area contributed by atoms with Gasteiger partial charge in [0.2, 0.25) is 0 Å². The van der Waals surface area contributed by atoms with Crippen molar-refractivity contribution in [2.75, 3.05) is 7.11 Å². The van der Waals surface area contributed by atoms with Crippen molar-refractivity contribution in [3.8, 4) is 11.4 Å². The molecule has 0 atom stereocenters. The summed E-state index contributed by atoms with van der Waals surface area (Å²) in [4.78, 5) is 12.4. The van der Waals surface area contributed by atoms with E-state index in [-0.39, 0.29) is 17.0 Å². The average molecular weight is 461 g/mol. The minimum absolute atomic E-state index is 0.0804. The lowest BCUT2D eigenvalue weighted by Gasteiger charge is -2.15. The Morgan fingerprint density at radius 3 is 2.38 bits per heavy atom. The van der Waals surface area contributed by atoms with Gasteiger partial charge in [-0.1, -0.05) is 12.1 Å². The molecule has 1 N–H and O–H groups in total. The molecule has 0 unspecified atom stereocenters. The number of rotatable bonds is 5. The number of halogens is 7. The highest BCUT2D eigenvalue weighted by molar-refractivity contribution is 5.95. The van der Waals surface area contributed by atoms with Gasteiger partial charge in [-0.05, 0) is 35.9 Å². The topological polar surface area (TPSA) is 56.1 Å². The predicted octanol–water partition coefficient (Wildman–Crippen LogP) is 4.99. The molecule has 0 saturated heterocycles. The lowest BCUT2D eigenvalue weighted by Crippen LogP contribution is -2.27. The zero-order valence-electron chi connectivity index (χ0n) is 16.2. The molecule has 1 amide bonds. The number of methoxy groups -OCH3 is 1. The van der Waals surface area contributed by atoms with E-state index in [0.29, 0.717) is 16.9 Å². The molecular weight excluding hydrogens is 447 g/mol. The molecule has 0 radical (unpaired) electrons. The van der Waals surface area contributed by atoms with Crippen LogP contribution in [0.3, 0.4) is 0 Å². The van der Waals surface area contributed by atoms with Crippen LogP contribution < -0.4 is 10.1 Å². The second-order valence-electron chi connectivity index (χ2n) is 6.50. The van der Waals surface area contributed by atoms with Crippen molar-refractivity contribution in [3.05, 3.63) is 76.9 Å². The first-order chi connectivity index (χ1) is 14.9. The van der Waals surface area contributed by atoms with E-state index in [0.717, 1.165) is 30.3 Å². The molecule has 3 aromatic rings. The van der Waals surface area contributed by atoms with Crippen LogP contribution in [0, 0.1) is 5.82 Å². The summed E-state index contributed by atoms with van der Waals surface area (Å²) in [5.41, 5.74) is -4.19. The first-order valence-electron chi connectivity index (χ1n) is 8.85. The summed E-state index contributed by atoms with van der Waals surface area (Å²) in [6.45, 7) is -0.708. The van der Waals surface area contributed by atoms with Crippen molar-refractivity contribution < 1.29 is 40.3 Å². The molecule has 3 rings (SSSR count). The number of carbonyl (C=O) groups is 1. The Hall–Kier alpha value is -3.57. The van der Waals surface area contributed by atoms with Gasteiger partial charge in [0.05, 0.1) is 30.1 Å². The summed E-state index contributed by atoms with van der Waals surface area (Å²) < 4.78 is 99.4. The molecule has 0 saturated carbocycles. The Labute approximate surface area is 176 Å². The molecule has 12 heteroatoms. The van der Waals surface area contributed by atoms with Crippen LogP contribution in [-0.4, -0.2) is 22.8 Å². The first kappa shape index (κ1) is 23.1. The number of carbonyl (C=O) groups excluding carboxylic acids is 1. The largest absolute Gasteiger partial charge is 0.497 e. The van der Waals surface area contributed by atoms with Gasteiger partial charge in [0.25, 0.3) is 5.91 Å². The number of hydrogen-bond acceptors (Lipinski definition) is 3. The minimum atomic E-state index is -5.06. The highest BCUT2D eigenvalue weighted by Gasteiger charge is 2.41. The highest BCUT2D eigenvalue weighted by Crippen LogP contribution is 2.35. The van der Waals surface area contributed by atoms with Crippen LogP contribution in [0.1, 0.15) is 27.2 Å². The first-order valence-corrected chi connectivity index (χ1v) is 8.85. The molecule has 0 aliphatic rings. The maximum absolute atomic E-state index is 13.7. The van der Waals surface area contributed by atoms with Gasteiger partial charge in [0.1, 0.15) is 11.6 Å². The van der Waals surface area contributed by atoms with Crippen LogP contribution in [0.4, 0.5) is 30.7 Å². The monoisotopic (exact) mass is 461 g/mol. The molecule has 0 fully saturated rings. The predicted molar refractivity (Wildman–Crippen MR) is 97.7 cm³/mol. The van der Waals surface area contributed by atoms with Crippen LogP contribution in [0.5, 0.6) is 5.75 Å². The third-order valence-electron chi connectivity index (χ3n) is 4.40. The molecule has 1 aromatic heterocycles. The summed E-state index contributed by atoms with van der Waals surface area (Å²) in [6, 6.07) is 7.10. The lowest BCUT2D eigenvalue weighted by atomic mass is 10.1. The third-order valence-corrected chi connectivity index (χ3v) is 4.40. The number of benzene rings is 2. The maximum Gasteiger partial charge on any atom is 0.434 e. The van der Waals surface area contributed by atoms with Gasteiger partial charge < -0.3 is 10.1 Å². The van der Waals surface area contributed by atoms with E-state index in [1.807, 2.05) is 5.32 Å². The van der Waals surface area contributed by atoms with Crippen molar-refractivity contribution in [1.82, 2.24) is 15.1 Å². The summed E-state index contributed by atoms with van der Waals surface area (Å²) in [5.74, 6) is -2.21. The van der Waals surface area contributed by atoms with Crippen LogP contribution in [0.25, 0.3) is 5.69 Å². The smallest absolute Gasteiger partial charge is 0.434 e. The average Bonchev–Trinajstić information content (AvgIpc) is 3.17. The molecule has 170 valence electrons. The second kappa shape index (κ2) is 8.52. The molecule has 0 aliphatic carbocycles. The van der Waals surface area contributed by atoms with Gasteiger partial charge in [-0.2, -0.15) is 31.4 Å². The molecular formula is C20H14F7N3O2. The van der Waals surface area contributed by atoms with E-state index in [1.54, 1.807) is 0 Å². The van der Waals surface area contributed by atoms with Crippen LogP contribution in [0.2, 0.25) is 0 Å². The Morgan fingerprint density at radius 2 is 1.78 bits per heavy atom. The molecule has 1 heterocycles. The van der Waals surface area contributed by atoms with Gasteiger partial charge in [-0.3, -0.25) is 4.79 Å². The van der Waals surface area contributed by atoms with E-state index in [1.165, 1.54) is 13.2 Å². The second-order valence-corrected chi connectivity index (χ2v) is 6.50. The normalized spacial score (nSPS) is 12.0. The van der Waals surface area contributed by atoms with Gasteiger partial charge in [-0.15, -0.1) is 0 Å². The quantitative estimate of drug-likeness (QED) is 0.545.